The average Bonchev–Trinajstić information content (AvgIpc) is 2.56. The smallest absolute Gasteiger partial charge is 0.0717 e. The number of hydrogen-bond donors (Lipinski definition) is 0. The number of benzene rings is 2. The molecule has 0 atom stereocenters. The minimum Gasteiger partial charge on any atom is -0.377 e. The summed E-state index contributed by atoms with van der Waals surface area (Å²) >= 11 is 0. The van der Waals surface area contributed by atoms with Crippen LogP contribution < -0.4 is 0 Å². The van der Waals surface area contributed by atoms with Crippen LogP contribution in [0.15, 0.2) is 48.5 Å². The van der Waals surface area contributed by atoms with Crippen molar-refractivity contribution in [2.24, 2.45) is 11.8 Å². The summed E-state index contributed by atoms with van der Waals surface area (Å²) in [5.41, 5.74) is 4.91. The maximum Gasteiger partial charge on any atom is 0.0717 e. The third kappa shape index (κ3) is 6.46. The Labute approximate surface area is 146 Å². The molecule has 0 heterocycles. The van der Waals surface area contributed by atoms with Crippen molar-refractivity contribution >= 4 is 0 Å². The van der Waals surface area contributed by atoms with E-state index in [-0.39, 0.29) is 0 Å². The molecule has 0 amide bonds. The Bertz CT molecular complexity index is 527. The molecule has 130 valence electrons. The third-order valence-electron chi connectivity index (χ3n) is 3.68. The Morgan fingerprint density at radius 1 is 0.583 bits per heavy atom. The molecule has 2 heteroatoms. The molecule has 0 saturated heterocycles. The van der Waals surface area contributed by atoms with Crippen molar-refractivity contribution in [2.75, 3.05) is 13.2 Å². The van der Waals surface area contributed by atoms with Crippen LogP contribution in [0.5, 0.6) is 0 Å². The van der Waals surface area contributed by atoms with E-state index in [1.54, 1.807) is 0 Å². The molecule has 2 rings (SSSR count). The maximum absolute atomic E-state index is 5.68. The van der Waals surface area contributed by atoms with Crippen molar-refractivity contribution in [3.8, 4) is 11.1 Å². The Balaban J connectivity index is 1.89. The van der Waals surface area contributed by atoms with Gasteiger partial charge in [-0.3, -0.25) is 0 Å². The van der Waals surface area contributed by atoms with Crippen LogP contribution in [0.2, 0.25) is 0 Å². The van der Waals surface area contributed by atoms with Gasteiger partial charge >= 0.3 is 0 Å². The van der Waals surface area contributed by atoms with Crippen LogP contribution in [0.1, 0.15) is 38.8 Å². The van der Waals surface area contributed by atoms with Gasteiger partial charge in [-0.05, 0) is 34.1 Å². The summed E-state index contributed by atoms with van der Waals surface area (Å²) in [4.78, 5) is 0. The molecule has 0 fully saturated rings. The molecule has 0 aromatic heterocycles. The normalized spacial score (nSPS) is 11.4. The molecule has 2 aromatic rings. The van der Waals surface area contributed by atoms with Gasteiger partial charge in [0.05, 0.1) is 13.2 Å². The summed E-state index contributed by atoms with van der Waals surface area (Å²) < 4.78 is 11.4. The Hall–Kier alpha value is -1.64. The van der Waals surface area contributed by atoms with Gasteiger partial charge in [-0.2, -0.15) is 0 Å². The molecule has 0 saturated carbocycles. The van der Waals surface area contributed by atoms with E-state index in [9.17, 15) is 0 Å². The summed E-state index contributed by atoms with van der Waals surface area (Å²) in [6, 6.07) is 17.3. The second-order valence-electron chi connectivity index (χ2n) is 7.21. The van der Waals surface area contributed by atoms with Gasteiger partial charge in [-0.1, -0.05) is 76.2 Å². The Morgan fingerprint density at radius 3 is 1.21 bits per heavy atom. The largest absolute Gasteiger partial charge is 0.377 e. The average molecular weight is 326 g/mol. The van der Waals surface area contributed by atoms with Gasteiger partial charge in [-0.25, -0.2) is 0 Å². The minimum atomic E-state index is 0.576. The highest BCUT2D eigenvalue weighted by atomic mass is 16.5. The second-order valence-corrected chi connectivity index (χ2v) is 7.21. The number of ether oxygens (including phenoxy) is 2. The van der Waals surface area contributed by atoms with Gasteiger partial charge in [0.1, 0.15) is 0 Å². The van der Waals surface area contributed by atoms with Gasteiger partial charge in [-0.15, -0.1) is 0 Å². The molecule has 0 aliphatic heterocycles. The fourth-order valence-corrected chi connectivity index (χ4v) is 2.41. The van der Waals surface area contributed by atoms with Crippen LogP contribution in [-0.2, 0) is 22.7 Å². The molecule has 0 aliphatic rings. The van der Waals surface area contributed by atoms with Crippen LogP contribution in [0.25, 0.3) is 11.1 Å². The first-order valence-corrected chi connectivity index (χ1v) is 8.88. The van der Waals surface area contributed by atoms with Crippen molar-refractivity contribution in [2.45, 2.75) is 40.9 Å². The van der Waals surface area contributed by atoms with Crippen molar-refractivity contribution in [3.05, 3.63) is 59.7 Å². The lowest BCUT2D eigenvalue weighted by molar-refractivity contribution is 0.0970. The molecule has 0 aliphatic carbocycles. The Morgan fingerprint density at radius 2 is 0.917 bits per heavy atom. The van der Waals surface area contributed by atoms with Crippen LogP contribution >= 0.6 is 0 Å². The van der Waals surface area contributed by atoms with E-state index in [4.69, 9.17) is 9.47 Å². The topological polar surface area (TPSA) is 18.5 Å². The zero-order valence-corrected chi connectivity index (χ0v) is 15.4. The first-order valence-electron chi connectivity index (χ1n) is 8.88. The first kappa shape index (κ1) is 18.7. The SMILES string of the molecule is CC(C)COCc1ccc(-c2ccc(COCC(C)C)cc2)cc1. The van der Waals surface area contributed by atoms with Crippen molar-refractivity contribution < 1.29 is 9.47 Å². The first-order chi connectivity index (χ1) is 11.5. The molecule has 0 N–H and O–H groups in total. The quantitative estimate of drug-likeness (QED) is 0.588. The van der Waals surface area contributed by atoms with E-state index < -0.39 is 0 Å². The maximum atomic E-state index is 5.68. The van der Waals surface area contributed by atoms with E-state index in [2.05, 4.69) is 76.2 Å². The highest BCUT2D eigenvalue weighted by Gasteiger charge is 2.01. The van der Waals surface area contributed by atoms with Crippen molar-refractivity contribution in [1.82, 2.24) is 0 Å². The molecule has 0 bridgehead atoms. The number of rotatable bonds is 9. The molecular formula is C22H30O2. The van der Waals surface area contributed by atoms with Gasteiger partial charge < -0.3 is 9.47 Å². The van der Waals surface area contributed by atoms with Crippen LogP contribution in [0.3, 0.4) is 0 Å². The Kier molecular flexibility index (Phi) is 7.48. The van der Waals surface area contributed by atoms with Gasteiger partial charge in [0.15, 0.2) is 0 Å². The van der Waals surface area contributed by atoms with Gasteiger partial charge in [0.2, 0.25) is 0 Å². The zero-order chi connectivity index (χ0) is 17.4. The zero-order valence-electron chi connectivity index (χ0n) is 15.4. The third-order valence-corrected chi connectivity index (χ3v) is 3.68. The second kappa shape index (κ2) is 9.61. The fraction of sp³-hybridized carbons (Fsp3) is 0.455. The minimum absolute atomic E-state index is 0.576. The van der Waals surface area contributed by atoms with E-state index in [0.29, 0.717) is 25.0 Å². The lowest BCUT2D eigenvalue weighted by atomic mass is 10.0. The monoisotopic (exact) mass is 326 g/mol. The van der Waals surface area contributed by atoms with Crippen molar-refractivity contribution in [3.63, 3.8) is 0 Å². The van der Waals surface area contributed by atoms with Gasteiger partial charge in [0, 0.05) is 13.2 Å². The molecule has 24 heavy (non-hydrogen) atoms. The summed E-state index contributed by atoms with van der Waals surface area (Å²) in [5, 5.41) is 0. The summed E-state index contributed by atoms with van der Waals surface area (Å²) in [6.07, 6.45) is 0. The van der Waals surface area contributed by atoms with Crippen molar-refractivity contribution in [1.29, 1.82) is 0 Å². The summed E-state index contributed by atoms with van der Waals surface area (Å²) in [5.74, 6) is 1.15. The van der Waals surface area contributed by atoms with E-state index in [1.807, 2.05) is 0 Å². The van der Waals surface area contributed by atoms with Crippen LogP contribution in [-0.4, -0.2) is 13.2 Å². The fourth-order valence-electron chi connectivity index (χ4n) is 2.41. The molecular weight excluding hydrogens is 296 g/mol. The highest BCUT2D eigenvalue weighted by molar-refractivity contribution is 5.63. The van der Waals surface area contributed by atoms with Gasteiger partial charge in [0.25, 0.3) is 0 Å². The standard InChI is InChI=1S/C22H30O2/c1-17(2)13-23-15-19-5-9-21(10-6-19)22-11-7-20(8-12-22)16-24-14-18(3)4/h5-12,17-18H,13-16H2,1-4H3. The lowest BCUT2D eigenvalue weighted by Gasteiger charge is -2.09. The summed E-state index contributed by atoms with van der Waals surface area (Å²) in [7, 11) is 0. The predicted molar refractivity (Wildman–Crippen MR) is 101 cm³/mol. The highest BCUT2D eigenvalue weighted by Crippen LogP contribution is 2.21. The molecule has 0 radical (unpaired) electrons. The lowest BCUT2D eigenvalue weighted by Crippen LogP contribution is -2.02. The summed E-state index contributed by atoms with van der Waals surface area (Å²) in [6.45, 7) is 11.7. The molecule has 2 nitrogen and oxygen atoms in total. The predicted octanol–water partition coefficient (Wildman–Crippen LogP) is 5.70. The van der Waals surface area contributed by atoms with Crippen LogP contribution in [0, 0.1) is 11.8 Å². The van der Waals surface area contributed by atoms with E-state index in [0.717, 1.165) is 13.2 Å². The molecule has 0 unspecified atom stereocenters. The van der Waals surface area contributed by atoms with E-state index >= 15 is 0 Å². The van der Waals surface area contributed by atoms with E-state index in [1.165, 1.54) is 22.3 Å². The number of hydrogen-bond acceptors (Lipinski definition) is 2. The van der Waals surface area contributed by atoms with Crippen LogP contribution in [0.4, 0.5) is 0 Å². The molecule has 2 aromatic carbocycles. The molecule has 0 spiro atoms.